The van der Waals surface area contributed by atoms with Crippen LogP contribution in [0.2, 0.25) is 0 Å². The Bertz CT molecular complexity index is 943. The lowest BCUT2D eigenvalue weighted by atomic mass is 10.0. The molecule has 0 saturated carbocycles. The number of benzene rings is 1. The van der Waals surface area contributed by atoms with E-state index in [0.717, 1.165) is 18.7 Å². The zero-order valence-corrected chi connectivity index (χ0v) is 18.9. The minimum Gasteiger partial charge on any atom is -0.360 e. The zero-order chi connectivity index (χ0) is 21.9. The Morgan fingerprint density at radius 1 is 1.10 bits per heavy atom. The molecule has 0 radical (unpaired) electrons. The van der Waals surface area contributed by atoms with E-state index in [2.05, 4.69) is 10.1 Å². The van der Waals surface area contributed by atoms with Crippen LogP contribution >= 0.6 is 0 Å². The SMILES string of the molecule is CCN(CC)C(C(=O)N1CCN(S(=O)(=O)c2c(C)noc2C)CC1)c1ccccc1. The van der Waals surface area contributed by atoms with Crippen molar-refractivity contribution in [3.05, 3.63) is 47.3 Å². The lowest BCUT2D eigenvalue weighted by Crippen LogP contribution is -2.53. The summed E-state index contributed by atoms with van der Waals surface area (Å²) in [7, 11) is -3.70. The maximum atomic E-state index is 13.4. The summed E-state index contributed by atoms with van der Waals surface area (Å²) >= 11 is 0. The van der Waals surface area contributed by atoms with E-state index in [-0.39, 0.29) is 35.7 Å². The van der Waals surface area contributed by atoms with E-state index in [9.17, 15) is 13.2 Å². The van der Waals surface area contributed by atoms with Crippen molar-refractivity contribution >= 4 is 15.9 Å². The number of carbonyl (C=O) groups excluding carboxylic acids is 1. The van der Waals surface area contributed by atoms with Crippen LogP contribution in [0.1, 0.15) is 36.9 Å². The Balaban J connectivity index is 1.77. The van der Waals surface area contributed by atoms with Crippen molar-refractivity contribution in [3.63, 3.8) is 0 Å². The average molecular weight is 435 g/mol. The lowest BCUT2D eigenvalue weighted by Gasteiger charge is -2.38. The van der Waals surface area contributed by atoms with Gasteiger partial charge in [0.2, 0.25) is 15.9 Å². The number of sulfonamides is 1. The van der Waals surface area contributed by atoms with Crippen LogP contribution in [0.15, 0.2) is 39.8 Å². The molecule has 1 aliphatic rings. The van der Waals surface area contributed by atoms with E-state index in [1.54, 1.807) is 18.7 Å². The summed E-state index contributed by atoms with van der Waals surface area (Å²) in [6.45, 7) is 10.0. The monoisotopic (exact) mass is 434 g/mol. The molecule has 2 heterocycles. The van der Waals surface area contributed by atoms with Crippen LogP contribution in [0.3, 0.4) is 0 Å². The van der Waals surface area contributed by atoms with Gasteiger partial charge in [0.1, 0.15) is 16.6 Å². The Morgan fingerprint density at radius 3 is 2.20 bits per heavy atom. The minimum atomic E-state index is -3.70. The number of likely N-dealkylation sites (N-methyl/N-ethyl adjacent to an activating group) is 1. The molecule has 0 N–H and O–H groups in total. The lowest BCUT2D eigenvalue weighted by molar-refractivity contribution is -0.138. The van der Waals surface area contributed by atoms with Gasteiger partial charge >= 0.3 is 0 Å². The number of hydrogen-bond donors (Lipinski definition) is 0. The van der Waals surface area contributed by atoms with Crippen molar-refractivity contribution < 1.29 is 17.7 Å². The molecular weight excluding hydrogens is 404 g/mol. The van der Waals surface area contributed by atoms with Gasteiger partial charge in [0, 0.05) is 26.2 Å². The van der Waals surface area contributed by atoms with Crippen LogP contribution in [-0.4, -0.2) is 72.9 Å². The van der Waals surface area contributed by atoms with Crippen molar-refractivity contribution in [2.45, 2.75) is 38.6 Å². The number of aromatic nitrogens is 1. The minimum absolute atomic E-state index is 0.0132. The number of aryl methyl sites for hydroxylation is 2. The molecule has 9 heteroatoms. The third-order valence-electron chi connectivity index (χ3n) is 5.64. The summed E-state index contributed by atoms with van der Waals surface area (Å²) in [5.74, 6) is 0.302. The van der Waals surface area contributed by atoms with E-state index in [1.165, 1.54) is 4.31 Å². The largest absolute Gasteiger partial charge is 0.360 e. The van der Waals surface area contributed by atoms with Crippen molar-refractivity contribution in [2.75, 3.05) is 39.3 Å². The summed E-state index contributed by atoms with van der Waals surface area (Å²) < 4.78 is 32.5. The van der Waals surface area contributed by atoms with Gasteiger partial charge in [-0.15, -0.1) is 0 Å². The van der Waals surface area contributed by atoms with E-state index < -0.39 is 10.0 Å². The second-order valence-corrected chi connectivity index (χ2v) is 9.29. The van der Waals surface area contributed by atoms with Gasteiger partial charge in [-0.3, -0.25) is 9.69 Å². The number of carbonyl (C=O) groups is 1. The highest BCUT2D eigenvalue weighted by Gasteiger charge is 2.36. The fourth-order valence-corrected chi connectivity index (χ4v) is 5.74. The molecule has 0 bridgehead atoms. The highest BCUT2D eigenvalue weighted by atomic mass is 32.2. The second kappa shape index (κ2) is 9.28. The van der Waals surface area contributed by atoms with Crippen molar-refractivity contribution in [3.8, 4) is 0 Å². The predicted molar refractivity (Wildman–Crippen MR) is 113 cm³/mol. The molecule has 0 spiro atoms. The summed E-state index contributed by atoms with van der Waals surface area (Å²) in [6, 6.07) is 9.39. The quantitative estimate of drug-likeness (QED) is 0.664. The maximum absolute atomic E-state index is 13.4. The smallest absolute Gasteiger partial charge is 0.248 e. The van der Waals surface area contributed by atoms with Crippen LogP contribution in [0.5, 0.6) is 0 Å². The van der Waals surface area contributed by atoms with Crippen molar-refractivity contribution in [1.29, 1.82) is 0 Å². The standard InChI is InChI=1S/C21H30N4O4S/c1-5-23(6-2)19(18-10-8-7-9-11-18)21(26)24-12-14-25(15-13-24)30(27,28)20-16(3)22-29-17(20)4/h7-11,19H,5-6,12-15H2,1-4H3. The van der Waals surface area contributed by atoms with E-state index in [1.807, 2.05) is 44.2 Å². The van der Waals surface area contributed by atoms with Gasteiger partial charge in [-0.05, 0) is 32.5 Å². The molecule has 164 valence electrons. The second-order valence-electron chi connectivity index (χ2n) is 7.42. The Hall–Kier alpha value is -2.23. The van der Waals surface area contributed by atoms with Crippen LogP contribution in [-0.2, 0) is 14.8 Å². The predicted octanol–water partition coefficient (Wildman–Crippen LogP) is 2.21. The van der Waals surface area contributed by atoms with E-state index in [0.29, 0.717) is 18.8 Å². The van der Waals surface area contributed by atoms with Crippen LogP contribution < -0.4 is 0 Å². The molecule has 2 aromatic rings. The molecule has 8 nitrogen and oxygen atoms in total. The maximum Gasteiger partial charge on any atom is 0.248 e. The Morgan fingerprint density at radius 2 is 1.70 bits per heavy atom. The first-order valence-corrected chi connectivity index (χ1v) is 11.8. The molecule has 1 atom stereocenters. The van der Waals surface area contributed by atoms with Crippen LogP contribution in [0.25, 0.3) is 0 Å². The van der Waals surface area contributed by atoms with Gasteiger partial charge in [-0.25, -0.2) is 8.42 Å². The van der Waals surface area contributed by atoms with Gasteiger partial charge in [0.25, 0.3) is 0 Å². The van der Waals surface area contributed by atoms with Gasteiger partial charge in [-0.1, -0.05) is 49.3 Å². The number of hydrogen-bond acceptors (Lipinski definition) is 6. The molecule has 1 saturated heterocycles. The third kappa shape index (κ3) is 4.28. The first kappa shape index (κ1) is 22.5. The molecule has 30 heavy (non-hydrogen) atoms. The summed E-state index contributed by atoms with van der Waals surface area (Å²) in [5, 5.41) is 3.76. The first-order chi connectivity index (χ1) is 14.3. The molecule has 1 fully saturated rings. The van der Waals surface area contributed by atoms with Crippen LogP contribution in [0.4, 0.5) is 0 Å². The van der Waals surface area contributed by atoms with Crippen molar-refractivity contribution in [1.82, 2.24) is 19.3 Å². The van der Waals surface area contributed by atoms with Gasteiger partial charge in [0.05, 0.1) is 0 Å². The van der Waals surface area contributed by atoms with Gasteiger partial charge in [-0.2, -0.15) is 4.31 Å². The van der Waals surface area contributed by atoms with Crippen LogP contribution in [0, 0.1) is 13.8 Å². The summed E-state index contributed by atoms with van der Waals surface area (Å²) in [6.07, 6.45) is 0. The van der Waals surface area contributed by atoms with E-state index >= 15 is 0 Å². The normalized spacial score (nSPS) is 16.8. The first-order valence-electron chi connectivity index (χ1n) is 10.3. The van der Waals surface area contributed by atoms with Gasteiger partial charge < -0.3 is 9.42 Å². The number of amides is 1. The average Bonchev–Trinajstić information content (AvgIpc) is 3.11. The molecule has 1 aromatic heterocycles. The number of nitrogens with zero attached hydrogens (tertiary/aromatic N) is 4. The Kier molecular flexibility index (Phi) is 6.95. The molecule has 0 aliphatic carbocycles. The molecule has 1 aromatic carbocycles. The summed E-state index contributed by atoms with van der Waals surface area (Å²) in [4.78, 5) is 17.5. The number of rotatable bonds is 7. The molecule has 1 amide bonds. The highest BCUT2D eigenvalue weighted by Crippen LogP contribution is 2.27. The van der Waals surface area contributed by atoms with E-state index in [4.69, 9.17) is 4.52 Å². The fourth-order valence-electron chi connectivity index (χ4n) is 4.03. The topological polar surface area (TPSA) is 87.0 Å². The summed E-state index contributed by atoms with van der Waals surface area (Å²) in [5.41, 5.74) is 1.31. The third-order valence-corrected chi connectivity index (χ3v) is 7.79. The molecule has 1 aliphatic heterocycles. The van der Waals surface area contributed by atoms with Gasteiger partial charge in [0.15, 0.2) is 5.76 Å². The molecule has 3 rings (SSSR count). The van der Waals surface area contributed by atoms with Crippen molar-refractivity contribution in [2.24, 2.45) is 0 Å². The fraction of sp³-hybridized carbons (Fsp3) is 0.524. The number of piperazine rings is 1. The zero-order valence-electron chi connectivity index (χ0n) is 18.0. The molecule has 1 unspecified atom stereocenters. The molecular formula is C21H30N4O4S. The Labute approximate surface area is 178 Å². The highest BCUT2D eigenvalue weighted by molar-refractivity contribution is 7.89.